The topological polar surface area (TPSA) is 369 Å². The fraction of sp³-hybridized carbons (Fsp3) is 0.739. The first kappa shape index (κ1) is 44.6. The maximum Gasteiger partial charge on any atom is 0.324 e. The van der Waals surface area contributed by atoms with Gasteiger partial charge in [-0.25, -0.2) is 0 Å². The highest BCUT2D eigenvalue weighted by Crippen LogP contribution is 2.09. The van der Waals surface area contributed by atoms with E-state index in [-0.39, 0.29) is 18.3 Å². The van der Waals surface area contributed by atoms with Crippen LogP contribution in [0.15, 0.2) is 0 Å². The Hall–Kier alpha value is -3.42. The van der Waals surface area contributed by atoms with Gasteiger partial charge < -0.3 is 64.7 Å². The SMILES string of the molecule is CC(C)[C@H](N)C(=O)O.CC[C@H](C)[C@H](N)C(=O)O[C@H](C)[C@H](N)C(=O)O.C[C@@H](O)[C@H](N)C(=O)O.NC(=O)C[C@H](N)C(=O)O. The number of primary amides is 1. The molecule has 0 spiro atoms. The van der Waals surface area contributed by atoms with Gasteiger partial charge in [-0.2, -0.15) is 0 Å². The summed E-state index contributed by atoms with van der Waals surface area (Å²) in [7, 11) is 0. The number of rotatable bonds is 13. The monoisotopic (exact) mass is 600 g/mol. The first-order valence-corrected chi connectivity index (χ1v) is 12.3. The molecule has 0 saturated carbocycles. The summed E-state index contributed by atoms with van der Waals surface area (Å²) in [5, 5.41) is 41.5. The van der Waals surface area contributed by atoms with E-state index in [9.17, 15) is 28.8 Å². The smallest absolute Gasteiger partial charge is 0.324 e. The fourth-order valence-electron chi connectivity index (χ4n) is 1.82. The molecule has 0 bridgehead atoms. The van der Waals surface area contributed by atoms with Crippen LogP contribution < -0.4 is 34.4 Å². The summed E-state index contributed by atoms with van der Waals surface area (Å²) in [6.45, 7) is 10.0. The number of hydrogen-bond acceptors (Lipinski definition) is 13. The van der Waals surface area contributed by atoms with E-state index in [2.05, 4.69) is 5.73 Å². The van der Waals surface area contributed by atoms with Gasteiger partial charge in [-0.1, -0.05) is 34.1 Å². The van der Waals surface area contributed by atoms with Crippen molar-refractivity contribution in [3.8, 4) is 0 Å². The summed E-state index contributed by atoms with van der Waals surface area (Å²) >= 11 is 0. The molecule has 242 valence electrons. The van der Waals surface area contributed by atoms with Gasteiger partial charge in [0, 0.05) is 0 Å². The molecule has 0 aromatic rings. The van der Waals surface area contributed by atoms with Crippen molar-refractivity contribution in [1.29, 1.82) is 0 Å². The van der Waals surface area contributed by atoms with Gasteiger partial charge in [-0.05, 0) is 25.7 Å². The number of ether oxygens (including phenoxy) is 1. The Balaban J connectivity index is -0.000000236. The van der Waals surface area contributed by atoms with Crippen molar-refractivity contribution in [2.75, 3.05) is 0 Å². The molecule has 17 N–H and O–H groups in total. The third-order valence-corrected chi connectivity index (χ3v) is 5.17. The van der Waals surface area contributed by atoms with Crippen LogP contribution >= 0.6 is 0 Å². The minimum Gasteiger partial charge on any atom is -0.480 e. The molecular formula is C23H48N6O12. The fourth-order valence-corrected chi connectivity index (χ4v) is 1.82. The van der Waals surface area contributed by atoms with Crippen molar-refractivity contribution in [3.63, 3.8) is 0 Å². The lowest BCUT2D eigenvalue weighted by Gasteiger charge is -2.21. The molecule has 0 rings (SSSR count). The number of aliphatic hydroxyl groups is 1. The van der Waals surface area contributed by atoms with E-state index >= 15 is 0 Å². The molecular weight excluding hydrogens is 552 g/mol. The maximum absolute atomic E-state index is 11.5. The standard InChI is InChI=1S/C10H20N2O4.C5H11NO2.C4H8N2O3.C4H9NO3/c1-4-5(2)7(11)10(15)16-6(3)8(12)9(13)14;1-3(2)4(6)5(7)8;5-2(4(8)9)1-3(6)7;1-2(6)3(5)4(7)8/h5-8H,4,11-12H2,1-3H3,(H,13,14);3-4H,6H2,1-2H3,(H,7,8);2H,1,5H2,(H2,6,7)(H,8,9);2-3,6H,5H2,1H3,(H,7,8)/t5-,6+,7-,8-;4-;2-;2-,3+/m0001/s1. The molecule has 0 aliphatic heterocycles. The minimum absolute atomic E-state index is 0.0132. The second-order valence-electron chi connectivity index (χ2n) is 9.25. The third kappa shape index (κ3) is 24.1. The molecule has 41 heavy (non-hydrogen) atoms. The number of aliphatic carboxylic acids is 4. The third-order valence-electron chi connectivity index (χ3n) is 5.17. The summed E-state index contributed by atoms with van der Waals surface area (Å²) < 4.78 is 4.89. The van der Waals surface area contributed by atoms with Crippen molar-refractivity contribution in [3.05, 3.63) is 0 Å². The second-order valence-corrected chi connectivity index (χ2v) is 9.25. The lowest BCUT2D eigenvalue weighted by molar-refractivity contribution is -0.156. The van der Waals surface area contributed by atoms with Gasteiger partial charge in [0.15, 0.2) is 0 Å². The Morgan fingerprint density at radius 2 is 1.05 bits per heavy atom. The van der Waals surface area contributed by atoms with E-state index in [0.29, 0.717) is 0 Å². The summed E-state index contributed by atoms with van der Waals surface area (Å²) in [5.41, 5.74) is 30.6. The number of carbonyl (C=O) groups is 6. The van der Waals surface area contributed by atoms with Crippen LogP contribution in [0.5, 0.6) is 0 Å². The summed E-state index contributed by atoms with van der Waals surface area (Å²) in [4.78, 5) is 61.8. The Labute approximate surface area is 238 Å². The molecule has 0 heterocycles. The molecule has 0 unspecified atom stereocenters. The largest absolute Gasteiger partial charge is 0.480 e. The van der Waals surface area contributed by atoms with Gasteiger partial charge in [0.05, 0.1) is 12.5 Å². The Kier molecular flexibility index (Phi) is 25.3. The second kappa shape index (κ2) is 23.3. The van der Waals surface area contributed by atoms with Gasteiger partial charge in [-0.15, -0.1) is 0 Å². The van der Waals surface area contributed by atoms with E-state index in [4.69, 9.17) is 58.9 Å². The molecule has 0 aliphatic carbocycles. The molecule has 0 aliphatic rings. The van der Waals surface area contributed by atoms with Crippen LogP contribution in [0.25, 0.3) is 0 Å². The van der Waals surface area contributed by atoms with E-state index in [1.807, 2.05) is 13.8 Å². The molecule has 0 fully saturated rings. The van der Waals surface area contributed by atoms with E-state index in [0.717, 1.165) is 6.42 Å². The zero-order valence-corrected chi connectivity index (χ0v) is 24.2. The first-order chi connectivity index (χ1) is 18.5. The Bertz CT molecular complexity index is 803. The summed E-state index contributed by atoms with van der Waals surface area (Å²) in [6, 6.07) is -5.01. The van der Waals surface area contributed by atoms with Crippen LogP contribution in [0, 0.1) is 11.8 Å². The average molecular weight is 601 g/mol. The van der Waals surface area contributed by atoms with Gasteiger partial charge in [0.1, 0.15) is 36.3 Å². The number of esters is 1. The number of aliphatic hydroxyl groups excluding tert-OH is 1. The van der Waals surface area contributed by atoms with Crippen molar-refractivity contribution in [2.24, 2.45) is 46.2 Å². The predicted octanol–water partition coefficient (Wildman–Crippen LogP) is -3.19. The van der Waals surface area contributed by atoms with Crippen LogP contribution in [-0.4, -0.2) is 104 Å². The van der Waals surface area contributed by atoms with Crippen LogP contribution in [-0.2, 0) is 33.5 Å². The van der Waals surface area contributed by atoms with Crippen LogP contribution in [0.2, 0.25) is 0 Å². The Morgan fingerprint density at radius 3 is 1.22 bits per heavy atom. The predicted molar refractivity (Wildman–Crippen MR) is 146 cm³/mol. The normalized spacial score (nSPS) is 16.0. The lowest BCUT2D eigenvalue weighted by atomic mass is 10.0. The molecule has 0 saturated heterocycles. The summed E-state index contributed by atoms with van der Waals surface area (Å²) in [5.74, 6) is -5.84. The number of carboxylic acids is 4. The van der Waals surface area contributed by atoms with Crippen LogP contribution in [0.4, 0.5) is 0 Å². The van der Waals surface area contributed by atoms with E-state index in [1.54, 1.807) is 13.8 Å². The molecule has 0 aromatic carbocycles. The molecule has 0 aromatic heterocycles. The zero-order chi connectivity index (χ0) is 33.8. The van der Waals surface area contributed by atoms with Gasteiger partial charge in [0.2, 0.25) is 5.91 Å². The number of carboxylic acid groups (broad SMARTS) is 4. The molecule has 0 radical (unpaired) electrons. The molecule has 18 nitrogen and oxygen atoms in total. The average Bonchev–Trinajstić information content (AvgIpc) is 2.86. The molecule has 8 atom stereocenters. The lowest BCUT2D eigenvalue weighted by Crippen LogP contribution is -2.46. The van der Waals surface area contributed by atoms with Crippen molar-refractivity contribution < 1.29 is 59.0 Å². The van der Waals surface area contributed by atoms with Crippen LogP contribution in [0.3, 0.4) is 0 Å². The van der Waals surface area contributed by atoms with E-state index < -0.39 is 78.2 Å². The number of amides is 1. The molecule has 18 heteroatoms. The summed E-state index contributed by atoms with van der Waals surface area (Å²) in [6.07, 6.45) is -1.43. The number of carbonyl (C=O) groups excluding carboxylic acids is 2. The highest BCUT2D eigenvalue weighted by atomic mass is 16.5. The first-order valence-electron chi connectivity index (χ1n) is 12.3. The zero-order valence-electron chi connectivity index (χ0n) is 24.2. The Morgan fingerprint density at radius 1 is 0.659 bits per heavy atom. The highest BCUT2D eigenvalue weighted by Gasteiger charge is 2.28. The van der Waals surface area contributed by atoms with Gasteiger partial charge in [-0.3, -0.25) is 28.8 Å². The highest BCUT2D eigenvalue weighted by molar-refractivity contribution is 5.83. The quantitative estimate of drug-likeness (QED) is 0.0927. The van der Waals surface area contributed by atoms with Crippen molar-refractivity contribution in [1.82, 2.24) is 0 Å². The number of hydrogen-bond donors (Lipinski definition) is 11. The minimum atomic E-state index is -1.23. The van der Waals surface area contributed by atoms with Gasteiger partial charge in [0.25, 0.3) is 0 Å². The van der Waals surface area contributed by atoms with E-state index in [1.165, 1.54) is 13.8 Å². The van der Waals surface area contributed by atoms with Gasteiger partial charge >= 0.3 is 29.8 Å². The van der Waals surface area contributed by atoms with Crippen molar-refractivity contribution >= 4 is 35.8 Å². The number of nitrogens with two attached hydrogens (primary N) is 6. The van der Waals surface area contributed by atoms with Crippen molar-refractivity contribution in [2.45, 2.75) is 96.8 Å². The maximum atomic E-state index is 11.5. The van der Waals surface area contributed by atoms with Crippen LogP contribution in [0.1, 0.15) is 54.4 Å². The molecule has 1 amide bonds.